The summed E-state index contributed by atoms with van der Waals surface area (Å²) in [6.45, 7) is 6.48. The summed E-state index contributed by atoms with van der Waals surface area (Å²) in [5, 5.41) is 18.1. The summed E-state index contributed by atoms with van der Waals surface area (Å²) in [4.78, 5) is 22.2. The normalized spacial score (nSPS) is 24.0. The SMILES string of the molecule is Cc1cn2nc([C@@H]3CCCCN3C(=O)c3ccsc3)cc2nc1N1C[C@@H](C#N)[C@@H](C)C1. The molecule has 2 saturated heterocycles. The van der Waals surface area contributed by atoms with Crippen LogP contribution in [0.2, 0.25) is 0 Å². The first-order valence-electron chi connectivity index (χ1n) is 10.9. The molecule has 0 unspecified atom stereocenters. The van der Waals surface area contributed by atoms with Crippen molar-refractivity contribution in [3.8, 4) is 6.07 Å². The lowest BCUT2D eigenvalue weighted by Crippen LogP contribution is -2.38. The number of hydrogen-bond acceptors (Lipinski definition) is 6. The molecule has 0 aromatic carbocycles. The van der Waals surface area contributed by atoms with E-state index in [1.54, 1.807) is 11.3 Å². The van der Waals surface area contributed by atoms with Crippen LogP contribution in [-0.4, -0.2) is 45.0 Å². The molecule has 7 nitrogen and oxygen atoms in total. The van der Waals surface area contributed by atoms with Crippen LogP contribution in [0.4, 0.5) is 5.82 Å². The molecule has 2 aliphatic rings. The Morgan fingerprint density at radius 2 is 2.19 bits per heavy atom. The minimum Gasteiger partial charge on any atom is -0.355 e. The van der Waals surface area contributed by atoms with Gasteiger partial charge in [-0.3, -0.25) is 4.79 Å². The lowest BCUT2D eigenvalue weighted by Gasteiger charge is -2.34. The molecule has 0 bridgehead atoms. The molecule has 0 aliphatic carbocycles. The summed E-state index contributed by atoms with van der Waals surface area (Å²) in [5.74, 6) is 1.39. The van der Waals surface area contributed by atoms with Gasteiger partial charge in [0.2, 0.25) is 0 Å². The zero-order chi connectivity index (χ0) is 21.5. The summed E-state index contributed by atoms with van der Waals surface area (Å²) in [5.41, 5.74) is 3.49. The zero-order valence-corrected chi connectivity index (χ0v) is 18.7. The molecule has 5 heterocycles. The highest BCUT2D eigenvalue weighted by Gasteiger charge is 2.33. The fourth-order valence-corrected chi connectivity index (χ4v) is 5.47. The molecule has 5 rings (SSSR count). The van der Waals surface area contributed by atoms with Crippen LogP contribution in [0.1, 0.15) is 53.8 Å². The molecule has 0 spiro atoms. The highest BCUT2D eigenvalue weighted by Crippen LogP contribution is 2.33. The quantitative estimate of drug-likeness (QED) is 0.621. The Bertz CT molecular complexity index is 1150. The fourth-order valence-electron chi connectivity index (χ4n) is 4.84. The van der Waals surface area contributed by atoms with E-state index in [2.05, 4.69) is 17.9 Å². The minimum absolute atomic E-state index is 0.0265. The summed E-state index contributed by atoms with van der Waals surface area (Å²) in [6, 6.07) is 6.31. The molecule has 3 aromatic heterocycles. The number of likely N-dealkylation sites (tertiary alicyclic amines) is 1. The predicted octanol–water partition coefficient (Wildman–Crippen LogP) is 4.06. The van der Waals surface area contributed by atoms with Crippen LogP contribution in [0.3, 0.4) is 0 Å². The molecule has 2 aliphatic heterocycles. The van der Waals surface area contributed by atoms with E-state index in [0.717, 1.165) is 60.6 Å². The van der Waals surface area contributed by atoms with Gasteiger partial charge < -0.3 is 9.80 Å². The maximum absolute atomic E-state index is 13.1. The molecule has 3 aromatic rings. The maximum atomic E-state index is 13.1. The van der Waals surface area contributed by atoms with E-state index in [9.17, 15) is 10.1 Å². The van der Waals surface area contributed by atoms with Crippen LogP contribution in [0, 0.1) is 30.1 Å². The van der Waals surface area contributed by atoms with Gasteiger partial charge in [0.1, 0.15) is 5.82 Å². The van der Waals surface area contributed by atoms with Crippen LogP contribution in [0.15, 0.2) is 29.1 Å². The number of fused-ring (bicyclic) bond motifs is 1. The number of carbonyl (C=O) groups is 1. The first kappa shape index (κ1) is 20.0. The molecule has 0 radical (unpaired) electrons. The number of nitrogens with zero attached hydrogens (tertiary/aromatic N) is 6. The Hall–Kier alpha value is -2.92. The van der Waals surface area contributed by atoms with Crippen molar-refractivity contribution >= 4 is 28.7 Å². The highest BCUT2D eigenvalue weighted by molar-refractivity contribution is 7.08. The van der Waals surface area contributed by atoms with Gasteiger partial charge in [-0.2, -0.15) is 21.7 Å². The number of nitriles is 1. The molecular formula is C23H26N6OS. The Morgan fingerprint density at radius 1 is 1.32 bits per heavy atom. The van der Waals surface area contributed by atoms with Gasteiger partial charge in [-0.1, -0.05) is 6.92 Å². The van der Waals surface area contributed by atoms with E-state index in [1.807, 2.05) is 45.4 Å². The summed E-state index contributed by atoms with van der Waals surface area (Å²) in [6.07, 6.45) is 5.04. The molecule has 3 atom stereocenters. The van der Waals surface area contributed by atoms with Crippen molar-refractivity contribution < 1.29 is 4.79 Å². The van der Waals surface area contributed by atoms with Crippen molar-refractivity contribution in [3.63, 3.8) is 0 Å². The predicted molar refractivity (Wildman–Crippen MR) is 120 cm³/mol. The van der Waals surface area contributed by atoms with Crippen LogP contribution in [0.25, 0.3) is 5.65 Å². The summed E-state index contributed by atoms with van der Waals surface area (Å²) >= 11 is 1.55. The number of amides is 1. The topological polar surface area (TPSA) is 77.5 Å². The maximum Gasteiger partial charge on any atom is 0.255 e. The Morgan fingerprint density at radius 3 is 2.94 bits per heavy atom. The van der Waals surface area contributed by atoms with Crippen molar-refractivity contribution in [1.29, 1.82) is 5.26 Å². The van der Waals surface area contributed by atoms with Crippen molar-refractivity contribution in [2.75, 3.05) is 24.5 Å². The van der Waals surface area contributed by atoms with Crippen LogP contribution in [-0.2, 0) is 0 Å². The molecule has 0 saturated carbocycles. The average Bonchev–Trinajstić information content (AvgIpc) is 3.52. The van der Waals surface area contributed by atoms with E-state index < -0.39 is 0 Å². The standard InChI is InChI=1S/C23H26N6OS/c1-15-11-27(13-18(15)10-24)22-16(2)12-29-21(25-22)9-19(26-29)20-5-3-4-7-28(20)23(30)17-6-8-31-14-17/h6,8-9,12,14-15,18,20H,3-5,7,11,13H2,1-2H3/t15-,18+,20-/m0/s1. The van der Waals surface area contributed by atoms with Gasteiger partial charge in [-0.05, 0) is 43.6 Å². The van der Waals surface area contributed by atoms with Gasteiger partial charge in [0.25, 0.3) is 5.91 Å². The number of anilines is 1. The van der Waals surface area contributed by atoms with Crippen molar-refractivity contribution in [1.82, 2.24) is 19.5 Å². The second kappa shape index (κ2) is 7.97. The number of carbonyl (C=O) groups excluding carboxylic acids is 1. The van der Waals surface area contributed by atoms with Gasteiger partial charge in [0.05, 0.1) is 29.3 Å². The minimum atomic E-state index is -0.0265. The monoisotopic (exact) mass is 434 g/mol. The number of thiophene rings is 1. The Kier molecular flexibility index (Phi) is 5.14. The summed E-state index contributed by atoms with van der Waals surface area (Å²) in [7, 11) is 0. The fraction of sp³-hybridized carbons (Fsp3) is 0.478. The highest BCUT2D eigenvalue weighted by atomic mass is 32.1. The number of hydrogen-bond donors (Lipinski definition) is 0. The molecule has 31 heavy (non-hydrogen) atoms. The van der Waals surface area contributed by atoms with E-state index in [-0.39, 0.29) is 17.9 Å². The third-order valence-corrected chi connectivity index (χ3v) is 7.26. The van der Waals surface area contributed by atoms with E-state index in [1.165, 1.54) is 0 Å². The van der Waals surface area contributed by atoms with E-state index in [4.69, 9.17) is 10.1 Å². The molecular weight excluding hydrogens is 408 g/mol. The molecule has 8 heteroatoms. The van der Waals surface area contributed by atoms with Crippen molar-refractivity contribution in [3.05, 3.63) is 45.9 Å². The number of aromatic nitrogens is 3. The third kappa shape index (κ3) is 3.57. The zero-order valence-electron chi connectivity index (χ0n) is 17.9. The van der Waals surface area contributed by atoms with Crippen LogP contribution < -0.4 is 4.90 Å². The molecule has 1 amide bonds. The first-order chi connectivity index (χ1) is 15.0. The Balaban J connectivity index is 1.46. The van der Waals surface area contributed by atoms with E-state index >= 15 is 0 Å². The second-order valence-electron chi connectivity index (χ2n) is 8.76. The molecule has 0 N–H and O–H groups in total. The molecule has 2 fully saturated rings. The van der Waals surface area contributed by atoms with Crippen LogP contribution in [0.5, 0.6) is 0 Å². The van der Waals surface area contributed by atoms with Gasteiger partial charge in [0.15, 0.2) is 5.65 Å². The van der Waals surface area contributed by atoms with Crippen molar-refractivity contribution in [2.24, 2.45) is 11.8 Å². The molecule has 160 valence electrons. The van der Waals surface area contributed by atoms with Gasteiger partial charge in [-0.15, -0.1) is 0 Å². The second-order valence-corrected chi connectivity index (χ2v) is 9.54. The van der Waals surface area contributed by atoms with Gasteiger partial charge in [0, 0.05) is 42.8 Å². The third-order valence-electron chi connectivity index (χ3n) is 6.57. The van der Waals surface area contributed by atoms with Gasteiger partial charge in [-0.25, -0.2) is 9.50 Å². The Labute approximate surface area is 185 Å². The lowest BCUT2D eigenvalue weighted by atomic mass is 9.98. The summed E-state index contributed by atoms with van der Waals surface area (Å²) < 4.78 is 1.83. The van der Waals surface area contributed by atoms with Crippen LogP contribution >= 0.6 is 11.3 Å². The number of rotatable bonds is 3. The first-order valence-corrected chi connectivity index (χ1v) is 11.8. The number of aryl methyl sites for hydroxylation is 1. The van der Waals surface area contributed by atoms with Crippen molar-refractivity contribution in [2.45, 2.75) is 39.2 Å². The lowest BCUT2D eigenvalue weighted by molar-refractivity contribution is 0.0606. The van der Waals surface area contributed by atoms with Gasteiger partial charge >= 0.3 is 0 Å². The average molecular weight is 435 g/mol. The largest absolute Gasteiger partial charge is 0.355 e. The van der Waals surface area contributed by atoms with E-state index in [0.29, 0.717) is 12.5 Å². The smallest absolute Gasteiger partial charge is 0.255 e. The number of piperidine rings is 1.